The van der Waals surface area contributed by atoms with Crippen LogP contribution in [0.1, 0.15) is 32.1 Å². The normalized spacial score (nSPS) is 13.8. The van der Waals surface area contributed by atoms with E-state index in [4.69, 9.17) is 16.3 Å². The lowest BCUT2D eigenvalue weighted by molar-refractivity contribution is -0.127. The average Bonchev–Trinajstić information content (AvgIpc) is 2.60. The number of nitrogens with one attached hydrogen (secondary N) is 2. The molecule has 0 bridgehead atoms. The molecule has 0 aromatic heterocycles. The van der Waals surface area contributed by atoms with Crippen molar-refractivity contribution in [2.45, 2.75) is 32.1 Å². The van der Waals surface area contributed by atoms with Crippen LogP contribution in [0.4, 0.5) is 0 Å². The van der Waals surface area contributed by atoms with Crippen LogP contribution in [0.2, 0.25) is 5.02 Å². The zero-order valence-corrected chi connectivity index (χ0v) is 14.4. The first-order valence-corrected chi connectivity index (χ1v) is 8.61. The smallest absolute Gasteiger partial charge is 0.258 e. The van der Waals surface area contributed by atoms with Crippen LogP contribution in [0, 0.1) is 0 Å². The summed E-state index contributed by atoms with van der Waals surface area (Å²) in [5.74, 6) is 0.0288. The van der Waals surface area contributed by atoms with Crippen LogP contribution in [0.3, 0.4) is 0 Å². The summed E-state index contributed by atoms with van der Waals surface area (Å²) in [4.78, 5) is 23.4. The molecule has 130 valence electrons. The molecule has 1 aromatic carbocycles. The molecular formula is C18H23ClN2O3. The first-order valence-electron chi connectivity index (χ1n) is 8.23. The minimum atomic E-state index is -0.338. The van der Waals surface area contributed by atoms with E-state index in [1.807, 2.05) is 0 Å². The van der Waals surface area contributed by atoms with E-state index in [1.165, 1.54) is 18.4 Å². The summed E-state index contributed by atoms with van der Waals surface area (Å²) in [6, 6.07) is 6.73. The largest absolute Gasteiger partial charge is 0.484 e. The number of allylic oxidation sites excluding steroid dienone is 1. The second-order valence-electron chi connectivity index (χ2n) is 5.73. The fraction of sp³-hybridized carbons (Fsp3) is 0.444. The van der Waals surface area contributed by atoms with Crippen LogP contribution in [0.15, 0.2) is 35.9 Å². The molecule has 2 N–H and O–H groups in total. The molecule has 0 radical (unpaired) electrons. The van der Waals surface area contributed by atoms with E-state index in [0.717, 1.165) is 19.3 Å². The van der Waals surface area contributed by atoms with E-state index in [9.17, 15) is 9.59 Å². The third-order valence-electron chi connectivity index (χ3n) is 3.78. The number of halogens is 1. The van der Waals surface area contributed by atoms with Crippen LogP contribution in [0.25, 0.3) is 0 Å². The Hall–Kier alpha value is -2.01. The number of ether oxygens (including phenoxy) is 1. The zero-order valence-electron chi connectivity index (χ0n) is 13.6. The lowest BCUT2D eigenvalue weighted by Gasteiger charge is -2.13. The Morgan fingerprint density at radius 3 is 2.58 bits per heavy atom. The van der Waals surface area contributed by atoms with Crippen molar-refractivity contribution >= 4 is 23.4 Å². The van der Waals surface area contributed by atoms with E-state index in [1.54, 1.807) is 24.3 Å². The molecule has 0 spiro atoms. The molecule has 6 heteroatoms. The first-order chi connectivity index (χ1) is 11.6. The first kappa shape index (κ1) is 18.3. The van der Waals surface area contributed by atoms with Crippen molar-refractivity contribution in [2.24, 2.45) is 0 Å². The molecule has 24 heavy (non-hydrogen) atoms. The summed E-state index contributed by atoms with van der Waals surface area (Å²) in [5, 5.41) is 5.96. The van der Waals surface area contributed by atoms with Gasteiger partial charge in [-0.05, 0) is 56.4 Å². The minimum Gasteiger partial charge on any atom is -0.484 e. The van der Waals surface area contributed by atoms with Crippen molar-refractivity contribution in [3.05, 3.63) is 40.9 Å². The molecule has 0 fully saturated rings. The van der Waals surface area contributed by atoms with Gasteiger partial charge in [-0.1, -0.05) is 23.3 Å². The molecule has 0 saturated carbocycles. The van der Waals surface area contributed by atoms with E-state index < -0.39 is 0 Å². The molecule has 2 amide bonds. The standard InChI is InChI=1S/C18H23ClN2O3/c19-15-6-8-16(9-7-15)24-13-18(23)21-12-17(22)20-11-10-14-4-2-1-3-5-14/h4,6-9H,1-3,5,10-13H2,(H,20,22)(H,21,23). The Balaban J connectivity index is 1.56. The van der Waals surface area contributed by atoms with Gasteiger partial charge >= 0.3 is 0 Å². The second kappa shape index (κ2) is 9.98. The summed E-state index contributed by atoms with van der Waals surface area (Å²) in [6.07, 6.45) is 7.94. The van der Waals surface area contributed by atoms with Gasteiger partial charge in [-0.15, -0.1) is 0 Å². The maximum atomic E-state index is 11.7. The van der Waals surface area contributed by atoms with Crippen LogP contribution in [0.5, 0.6) is 5.75 Å². The summed E-state index contributed by atoms with van der Waals surface area (Å²) in [6.45, 7) is 0.436. The Morgan fingerprint density at radius 1 is 1.08 bits per heavy atom. The van der Waals surface area contributed by atoms with E-state index in [0.29, 0.717) is 17.3 Å². The SMILES string of the molecule is O=C(CNC(=O)COc1ccc(Cl)cc1)NCCC1=CCCCC1. The maximum Gasteiger partial charge on any atom is 0.258 e. The van der Waals surface area contributed by atoms with Crippen LogP contribution in [-0.2, 0) is 9.59 Å². The Morgan fingerprint density at radius 2 is 1.88 bits per heavy atom. The predicted octanol–water partition coefficient (Wildman–Crippen LogP) is 2.84. The van der Waals surface area contributed by atoms with Crippen molar-refractivity contribution in [2.75, 3.05) is 19.7 Å². The average molecular weight is 351 g/mol. The minimum absolute atomic E-state index is 0.0398. The molecule has 0 atom stereocenters. The Kier molecular flexibility index (Phi) is 7.62. The number of hydrogen-bond donors (Lipinski definition) is 2. The fourth-order valence-corrected chi connectivity index (χ4v) is 2.59. The lowest BCUT2D eigenvalue weighted by Crippen LogP contribution is -2.39. The molecule has 0 aliphatic heterocycles. The Bertz CT molecular complexity index is 584. The van der Waals surface area contributed by atoms with Crippen molar-refractivity contribution in [1.29, 1.82) is 0 Å². The molecule has 2 rings (SSSR count). The topological polar surface area (TPSA) is 67.4 Å². The molecule has 0 saturated heterocycles. The Labute approximate surface area is 147 Å². The molecule has 0 unspecified atom stereocenters. The highest BCUT2D eigenvalue weighted by Crippen LogP contribution is 2.19. The third-order valence-corrected chi connectivity index (χ3v) is 4.03. The van der Waals surface area contributed by atoms with Crippen LogP contribution in [-0.4, -0.2) is 31.5 Å². The summed E-state index contributed by atoms with van der Waals surface area (Å²) in [5.41, 5.74) is 1.42. The third kappa shape index (κ3) is 7.04. The van der Waals surface area contributed by atoms with Crippen LogP contribution >= 0.6 is 11.6 Å². The van der Waals surface area contributed by atoms with Gasteiger partial charge in [0.15, 0.2) is 6.61 Å². The monoisotopic (exact) mass is 350 g/mol. The van der Waals surface area contributed by atoms with Gasteiger partial charge < -0.3 is 15.4 Å². The quantitative estimate of drug-likeness (QED) is 0.708. The predicted molar refractivity (Wildman–Crippen MR) is 94.1 cm³/mol. The fourth-order valence-electron chi connectivity index (χ4n) is 2.47. The van der Waals surface area contributed by atoms with Gasteiger partial charge in [0.25, 0.3) is 5.91 Å². The van der Waals surface area contributed by atoms with Gasteiger partial charge in [0.05, 0.1) is 6.54 Å². The molecule has 1 aliphatic rings. The molecule has 5 nitrogen and oxygen atoms in total. The van der Waals surface area contributed by atoms with Gasteiger partial charge in [-0.2, -0.15) is 0 Å². The van der Waals surface area contributed by atoms with E-state index in [-0.39, 0.29) is 25.0 Å². The lowest BCUT2D eigenvalue weighted by atomic mass is 9.97. The van der Waals surface area contributed by atoms with Gasteiger partial charge in [0.2, 0.25) is 5.91 Å². The van der Waals surface area contributed by atoms with Crippen LogP contribution < -0.4 is 15.4 Å². The molecule has 1 aromatic rings. The summed E-state index contributed by atoms with van der Waals surface area (Å²) >= 11 is 5.77. The van der Waals surface area contributed by atoms with Crippen molar-refractivity contribution < 1.29 is 14.3 Å². The highest BCUT2D eigenvalue weighted by atomic mass is 35.5. The van der Waals surface area contributed by atoms with Gasteiger partial charge in [-0.3, -0.25) is 9.59 Å². The van der Waals surface area contributed by atoms with Gasteiger partial charge in [-0.25, -0.2) is 0 Å². The number of rotatable bonds is 8. The number of benzene rings is 1. The maximum absolute atomic E-state index is 11.7. The van der Waals surface area contributed by atoms with Gasteiger partial charge in [0, 0.05) is 11.6 Å². The molecule has 0 heterocycles. The number of carbonyl (C=O) groups excluding carboxylic acids is 2. The number of amides is 2. The highest BCUT2D eigenvalue weighted by molar-refractivity contribution is 6.30. The second-order valence-corrected chi connectivity index (χ2v) is 6.16. The summed E-state index contributed by atoms with van der Waals surface area (Å²) in [7, 11) is 0. The molecule has 1 aliphatic carbocycles. The van der Waals surface area contributed by atoms with E-state index >= 15 is 0 Å². The highest BCUT2D eigenvalue weighted by Gasteiger charge is 2.07. The van der Waals surface area contributed by atoms with E-state index in [2.05, 4.69) is 16.7 Å². The number of carbonyl (C=O) groups is 2. The van der Waals surface area contributed by atoms with Crippen molar-refractivity contribution in [3.63, 3.8) is 0 Å². The van der Waals surface area contributed by atoms with Crippen molar-refractivity contribution in [1.82, 2.24) is 10.6 Å². The molecular weight excluding hydrogens is 328 g/mol. The van der Waals surface area contributed by atoms with Gasteiger partial charge in [0.1, 0.15) is 5.75 Å². The van der Waals surface area contributed by atoms with Crippen molar-refractivity contribution in [3.8, 4) is 5.75 Å². The zero-order chi connectivity index (χ0) is 17.2. The summed E-state index contributed by atoms with van der Waals surface area (Å²) < 4.78 is 5.31. The number of hydrogen-bond acceptors (Lipinski definition) is 3.